The molecule has 3 aromatic rings. The van der Waals surface area contributed by atoms with Gasteiger partial charge in [-0.15, -0.1) is 0 Å². The lowest BCUT2D eigenvalue weighted by Crippen LogP contribution is -2.58. The molecule has 0 saturated carbocycles. The van der Waals surface area contributed by atoms with Gasteiger partial charge in [-0.3, -0.25) is 0 Å². The van der Waals surface area contributed by atoms with Gasteiger partial charge in [-0.05, 0) is 68.9 Å². The molecule has 1 N–H and O–H groups in total. The van der Waals surface area contributed by atoms with E-state index in [-0.39, 0.29) is 12.1 Å². The van der Waals surface area contributed by atoms with Crippen LogP contribution in [-0.2, 0) is 13.0 Å². The molecular formula is C32H41N5O2. The van der Waals surface area contributed by atoms with Gasteiger partial charge < -0.3 is 19.8 Å². The molecule has 39 heavy (non-hydrogen) atoms. The van der Waals surface area contributed by atoms with Crippen LogP contribution in [0.25, 0.3) is 11.4 Å². The van der Waals surface area contributed by atoms with Gasteiger partial charge in [0, 0.05) is 61.5 Å². The summed E-state index contributed by atoms with van der Waals surface area (Å²) in [6.07, 6.45) is -0.0192. The Morgan fingerprint density at radius 3 is 2.36 bits per heavy atom. The minimum atomic E-state index is -0.860. The number of piperazine rings is 1. The molecule has 1 amide bonds. The van der Waals surface area contributed by atoms with E-state index in [1.807, 2.05) is 6.92 Å². The van der Waals surface area contributed by atoms with Gasteiger partial charge in [0.25, 0.3) is 0 Å². The highest BCUT2D eigenvalue weighted by Gasteiger charge is 2.36. The molecule has 1 fully saturated rings. The number of hydrogen-bond donors (Lipinski definition) is 1. The molecule has 0 radical (unpaired) electrons. The summed E-state index contributed by atoms with van der Waals surface area (Å²) in [4.78, 5) is 28.7. The molecule has 1 saturated heterocycles. The van der Waals surface area contributed by atoms with Crippen molar-refractivity contribution in [1.82, 2.24) is 14.9 Å². The van der Waals surface area contributed by atoms with Crippen molar-refractivity contribution in [3.8, 4) is 11.4 Å². The largest absolute Gasteiger partial charge is 0.465 e. The Kier molecular flexibility index (Phi) is 7.27. The van der Waals surface area contributed by atoms with E-state index in [1.165, 1.54) is 16.8 Å². The predicted molar refractivity (Wildman–Crippen MR) is 158 cm³/mol. The van der Waals surface area contributed by atoms with E-state index in [0.29, 0.717) is 19.0 Å². The van der Waals surface area contributed by atoms with Crippen LogP contribution in [0.5, 0.6) is 0 Å². The molecule has 2 aliphatic rings. The molecule has 206 valence electrons. The first-order valence-corrected chi connectivity index (χ1v) is 14.1. The van der Waals surface area contributed by atoms with Gasteiger partial charge in [0.2, 0.25) is 0 Å². The molecule has 7 heteroatoms. The van der Waals surface area contributed by atoms with E-state index in [9.17, 15) is 9.90 Å². The zero-order valence-electron chi connectivity index (χ0n) is 24.3. The number of anilines is 2. The molecule has 0 bridgehead atoms. The van der Waals surface area contributed by atoms with E-state index < -0.39 is 6.09 Å². The summed E-state index contributed by atoms with van der Waals surface area (Å²) < 4.78 is 0. The maximum absolute atomic E-state index is 11.9. The van der Waals surface area contributed by atoms with Crippen molar-refractivity contribution >= 4 is 17.6 Å². The number of nitrogens with zero attached hydrogens (tertiary/aromatic N) is 5. The number of aromatic nitrogens is 2. The highest BCUT2D eigenvalue weighted by Crippen LogP contribution is 2.36. The summed E-state index contributed by atoms with van der Waals surface area (Å²) >= 11 is 0. The van der Waals surface area contributed by atoms with E-state index >= 15 is 0 Å². The smallest absolute Gasteiger partial charge is 0.407 e. The van der Waals surface area contributed by atoms with Crippen LogP contribution in [0.1, 0.15) is 67.1 Å². The van der Waals surface area contributed by atoms with Crippen molar-refractivity contribution in [3.05, 3.63) is 69.9 Å². The summed E-state index contributed by atoms with van der Waals surface area (Å²) in [7, 11) is 0. The number of benzene rings is 2. The molecule has 0 spiro atoms. The summed E-state index contributed by atoms with van der Waals surface area (Å²) in [5.74, 6) is 2.18. The average Bonchev–Trinajstić information content (AvgIpc) is 2.89. The van der Waals surface area contributed by atoms with E-state index in [2.05, 4.69) is 87.7 Å². The molecule has 2 atom stereocenters. The normalized spacial score (nSPS) is 19.4. The lowest BCUT2D eigenvalue weighted by Gasteiger charge is -2.45. The zero-order chi connectivity index (χ0) is 28.0. The van der Waals surface area contributed by atoms with Gasteiger partial charge in [0.05, 0.1) is 5.69 Å². The summed E-state index contributed by atoms with van der Waals surface area (Å²) in [6.45, 7) is 17.7. The number of amides is 1. The third kappa shape index (κ3) is 5.07. The number of carbonyl (C=O) groups is 1. The Hall–Kier alpha value is -3.61. The number of hydrogen-bond acceptors (Lipinski definition) is 5. The van der Waals surface area contributed by atoms with Crippen LogP contribution in [0.4, 0.5) is 16.3 Å². The Balaban J connectivity index is 1.62. The topological polar surface area (TPSA) is 72.8 Å². The number of rotatable bonds is 4. The maximum atomic E-state index is 11.9. The third-order valence-electron chi connectivity index (χ3n) is 8.49. The van der Waals surface area contributed by atoms with Crippen LogP contribution >= 0.6 is 0 Å². The summed E-state index contributed by atoms with van der Waals surface area (Å²) in [5.41, 5.74) is 9.57. The van der Waals surface area contributed by atoms with Crippen molar-refractivity contribution in [2.24, 2.45) is 0 Å². The molecule has 7 nitrogen and oxygen atoms in total. The Bertz CT molecular complexity index is 1380. The molecule has 5 rings (SSSR count). The minimum absolute atomic E-state index is 0.00324. The van der Waals surface area contributed by atoms with Crippen LogP contribution < -0.4 is 9.80 Å². The number of fused-ring (bicyclic) bond motifs is 1. The van der Waals surface area contributed by atoms with Crippen LogP contribution in [0.3, 0.4) is 0 Å². The predicted octanol–water partition coefficient (Wildman–Crippen LogP) is 6.33. The van der Waals surface area contributed by atoms with Gasteiger partial charge in [0.1, 0.15) is 5.82 Å². The first-order valence-electron chi connectivity index (χ1n) is 14.1. The second-order valence-corrected chi connectivity index (χ2v) is 11.7. The fraction of sp³-hybridized carbons (Fsp3) is 0.469. The molecular weight excluding hydrogens is 486 g/mol. The van der Waals surface area contributed by atoms with Crippen LogP contribution in [0.15, 0.2) is 36.4 Å². The van der Waals surface area contributed by atoms with Crippen molar-refractivity contribution in [2.45, 2.75) is 79.4 Å². The maximum Gasteiger partial charge on any atom is 0.407 e. The summed E-state index contributed by atoms with van der Waals surface area (Å²) in [5, 5.41) is 9.75. The quantitative estimate of drug-likeness (QED) is 0.427. The lowest BCUT2D eigenvalue weighted by molar-refractivity contribution is 0.114. The molecule has 2 unspecified atom stereocenters. The zero-order valence-corrected chi connectivity index (χ0v) is 24.3. The van der Waals surface area contributed by atoms with Crippen molar-refractivity contribution in [1.29, 1.82) is 0 Å². The summed E-state index contributed by atoms with van der Waals surface area (Å²) in [6, 6.07) is 13.0. The SMILES string of the molecule is Cc1ccc(C(C)C)cc1N1CCc2nc(-c3c(C)cccc3C)nc(N3CC(C)N(C(=O)O)CC3C)c2C1. The van der Waals surface area contributed by atoms with Crippen LogP contribution in [0.2, 0.25) is 0 Å². The second kappa shape index (κ2) is 10.5. The Morgan fingerprint density at radius 2 is 1.69 bits per heavy atom. The van der Waals surface area contributed by atoms with Gasteiger partial charge in [-0.25, -0.2) is 14.8 Å². The Labute approximate surface area is 232 Å². The van der Waals surface area contributed by atoms with Crippen LogP contribution in [0, 0.1) is 20.8 Å². The number of carboxylic acid groups (broad SMARTS) is 1. The number of aryl methyl sites for hydroxylation is 3. The van der Waals surface area contributed by atoms with Crippen molar-refractivity contribution < 1.29 is 9.90 Å². The highest BCUT2D eigenvalue weighted by molar-refractivity contribution is 5.70. The Morgan fingerprint density at radius 1 is 0.974 bits per heavy atom. The lowest BCUT2D eigenvalue weighted by atomic mass is 9.97. The molecule has 1 aromatic heterocycles. The van der Waals surface area contributed by atoms with Crippen molar-refractivity contribution in [2.75, 3.05) is 29.4 Å². The fourth-order valence-electron chi connectivity index (χ4n) is 6.13. The van der Waals surface area contributed by atoms with Crippen molar-refractivity contribution in [3.63, 3.8) is 0 Å². The van der Waals surface area contributed by atoms with Gasteiger partial charge in [-0.2, -0.15) is 0 Å². The standard InChI is InChI=1S/C32H41N5O2/c1-19(2)25-12-11-20(3)28(15-25)35-14-13-27-26(18-35)31(36-16-24(7)37(32(38)39)17-23(36)6)34-30(33-27)29-21(4)9-8-10-22(29)5/h8-12,15,19,23-24H,13-14,16-18H2,1-7H3,(H,38,39). The van der Waals surface area contributed by atoms with Gasteiger partial charge >= 0.3 is 6.09 Å². The van der Waals surface area contributed by atoms with Crippen LogP contribution in [-0.4, -0.2) is 57.8 Å². The molecule has 2 aromatic carbocycles. The monoisotopic (exact) mass is 527 g/mol. The fourth-order valence-corrected chi connectivity index (χ4v) is 6.13. The molecule has 3 heterocycles. The van der Waals surface area contributed by atoms with Gasteiger partial charge in [-0.1, -0.05) is 44.2 Å². The minimum Gasteiger partial charge on any atom is -0.465 e. The first kappa shape index (κ1) is 27.0. The third-order valence-corrected chi connectivity index (χ3v) is 8.49. The van der Waals surface area contributed by atoms with E-state index in [0.717, 1.165) is 59.1 Å². The first-order chi connectivity index (χ1) is 18.5. The highest BCUT2D eigenvalue weighted by atomic mass is 16.4. The van der Waals surface area contributed by atoms with Gasteiger partial charge in [0.15, 0.2) is 5.82 Å². The molecule has 0 aliphatic carbocycles. The van der Waals surface area contributed by atoms with E-state index in [1.54, 1.807) is 4.90 Å². The average molecular weight is 528 g/mol. The second-order valence-electron chi connectivity index (χ2n) is 11.7. The molecule has 2 aliphatic heterocycles. The van der Waals surface area contributed by atoms with E-state index in [4.69, 9.17) is 9.97 Å².